The van der Waals surface area contributed by atoms with Gasteiger partial charge in [-0.25, -0.2) is 8.78 Å². The third kappa shape index (κ3) is 3.70. The molecule has 0 fully saturated rings. The lowest BCUT2D eigenvalue weighted by Gasteiger charge is -2.16. The fourth-order valence-corrected chi connectivity index (χ4v) is 2.06. The van der Waals surface area contributed by atoms with Crippen molar-refractivity contribution >= 4 is 0 Å². The van der Waals surface area contributed by atoms with Crippen molar-refractivity contribution in [2.75, 3.05) is 7.11 Å². The van der Waals surface area contributed by atoms with E-state index < -0.39 is 11.6 Å². The van der Waals surface area contributed by atoms with E-state index in [1.165, 1.54) is 12.1 Å². The highest BCUT2D eigenvalue weighted by Crippen LogP contribution is 2.24. The molecule has 0 spiro atoms. The van der Waals surface area contributed by atoms with Crippen LogP contribution >= 0.6 is 0 Å². The lowest BCUT2D eigenvalue weighted by Crippen LogP contribution is -2.19. The number of nitrogens with one attached hydrogen (secondary N) is 1. The van der Waals surface area contributed by atoms with Crippen molar-refractivity contribution in [1.29, 1.82) is 0 Å². The van der Waals surface area contributed by atoms with Gasteiger partial charge in [0.15, 0.2) is 0 Å². The first kappa shape index (κ1) is 15.3. The van der Waals surface area contributed by atoms with Gasteiger partial charge in [-0.05, 0) is 31.2 Å². The van der Waals surface area contributed by atoms with Crippen LogP contribution in [-0.2, 0) is 6.54 Å². The maximum Gasteiger partial charge on any atom is 0.130 e. The van der Waals surface area contributed by atoms with Gasteiger partial charge in [0.25, 0.3) is 0 Å². The molecule has 0 aliphatic carbocycles. The average Bonchev–Trinajstić information content (AvgIpc) is 2.46. The molecule has 0 radical (unpaired) electrons. The summed E-state index contributed by atoms with van der Waals surface area (Å²) in [5, 5.41) is 12.9. The van der Waals surface area contributed by atoms with Gasteiger partial charge < -0.3 is 15.2 Å². The molecule has 5 heteroatoms. The molecule has 112 valence electrons. The van der Waals surface area contributed by atoms with Crippen LogP contribution in [0.2, 0.25) is 0 Å². The van der Waals surface area contributed by atoms with Crippen LogP contribution in [0.4, 0.5) is 8.78 Å². The first-order valence-corrected chi connectivity index (χ1v) is 6.55. The minimum absolute atomic E-state index is 0.134. The fourth-order valence-electron chi connectivity index (χ4n) is 2.06. The SMILES string of the molecule is COc1ccc(O)c(CNC(C)c2ccc(F)cc2F)c1. The van der Waals surface area contributed by atoms with E-state index in [0.29, 0.717) is 23.4 Å². The van der Waals surface area contributed by atoms with Crippen molar-refractivity contribution in [1.82, 2.24) is 5.32 Å². The summed E-state index contributed by atoms with van der Waals surface area (Å²) in [6.07, 6.45) is 0. The monoisotopic (exact) mass is 293 g/mol. The summed E-state index contributed by atoms with van der Waals surface area (Å²) in [7, 11) is 1.54. The zero-order valence-corrected chi connectivity index (χ0v) is 11.9. The smallest absolute Gasteiger partial charge is 0.130 e. The summed E-state index contributed by atoms with van der Waals surface area (Å²) in [6.45, 7) is 2.11. The van der Waals surface area contributed by atoms with Crippen molar-refractivity contribution in [3.63, 3.8) is 0 Å². The molecule has 0 saturated carbocycles. The Morgan fingerprint density at radius 3 is 2.62 bits per heavy atom. The molecule has 0 heterocycles. The quantitative estimate of drug-likeness (QED) is 0.886. The first-order valence-electron chi connectivity index (χ1n) is 6.55. The second kappa shape index (κ2) is 6.54. The molecule has 0 amide bonds. The van der Waals surface area contributed by atoms with Crippen molar-refractivity contribution in [2.45, 2.75) is 19.5 Å². The van der Waals surface area contributed by atoms with Crippen LogP contribution in [0.15, 0.2) is 36.4 Å². The molecule has 2 aromatic carbocycles. The number of hydrogen-bond donors (Lipinski definition) is 2. The molecule has 0 aliphatic rings. The minimum Gasteiger partial charge on any atom is -0.508 e. The highest BCUT2D eigenvalue weighted by Gasteiger charge is 2.12. The van der Waals surface area contributed by atoms with Crippen molar-refractivity contribution < 1.29 is 18.6 Å². The van der Waals surface area contributed by atoms with Gasteiger partial charge in [-0.2, -0.15) is 0 Å². The van der Waals surface area contributed by atoms with Crippen molar-refractivity contribution in [3.8, 4) is 11.5 Å². The number of aromatic hydroxyl groups is 1. The zero-order valence-electron chi connectivity index (χ0n) is 11.9. The summed E-state index contributed by atoms with van der Waals surface area (Å²) < 4.78 is 31.7. The predicted octanol–water partition coefficient (Wildman–Crippen LogP) is 3.53. The second-order valence-corrected chi connectivity index (χ2v) is 4.76. The number of phenolic OH excluding ortho intramolecular Hbond substituents is 1. The van der Waals surface area contributed by atoms with E-state index in [9.17, 15) is 13.9 Å². The lowest BCUT2D eigenvalue weighted by molar-refractivity contribution is 0.409. The Balaban J connectivity index is 2.08. The summed E-state index contributed by atoms with van der Waals surface area (Å²) >= 11 is 0. The number of hydrogen-bond acceptors (Lipinski definition) is 3. The van der Waals surface area contributed by atoms with E-state index in [4.69, 9.17) is 4.74 Å². The van der Waals surface area contributed by atoms with E-state index in [1.54, 1.807) is 32.2 Å². The van der Waals surface area contributed by atoms with Crippen molar-refractivity contribution in [3.05, 3.63) is 59.2 Å². The van der Waals surface area contributed by atoms with Gasteiger partial charge in [-0.3, -0.25) is 0 Å². The molecular formula is C16H17F2NO2. The lowest BCUT2D eigenvalue weighted by atomic mass is 10.1. The Morgan fingerprint density at radius 2 is 1.95 bits per heavy atom. The molecule has 3 nitrogen and oxygen atoms in total. The third-order valence-corrected chi connectivity index (χ3v) is 3.31. The maximum absolute atomic E-state index is 13.7. The molecule has 1 atom stereocenters. The van der Waals surface area contributed by atoms with Crippen LogP contribution < -0.4 is 10.1 Å². The third-order valence-electron chi connectivity index (χ3n) is 3.31. The topological polar surface area (TPSA) is 41.5 Å². The Labute approximate surface area is 122 Å². The molecule has 2 N–H and O–H groups in total. The number of phenols is 1. The molecule has 0 saturated heterocycles. The van der Waals surface area contributed by atoms with Gasteiger partial charge in [0.1, 0.15) is 23.1 Å². The molecule has 21 heavy (non-hydrogen) atoms. The summed E-state index contributed by atoms with van der Waals surface area (Å²) in [5.41, 5.74) is 1.02. The highest BCUT2D eigenvalue weighted by atomic mass is 19.1. The first-order chi connectivity index (χ1) is 10.0. The summed E-state index contributed by atoms with van der Waals surface area (Å²) in [5.74, 6) is -0.431. The van der Waals surface area contributed by atoms with Gasteiger partial charge >= 0.3 is 0 Å². The summed E-state index contributed by atoms with van der Waals surface area (Å²) in [4.78, 5) is 0. The van der Waals surface area contributed by atoms with Crippen LogP contribution in [0, 0.1) is 11.6 Å². The van der Waals surface area contributed by atoms with Crippen LogP contribution in [0.3, 0.4) is 0 Å². The Morgan fingerprint density at radius 1 is 1.19 bits per heavy atom. The van der Waals surface area contributed by atoms with E-state index in [1.807, 2.05) is 0 Å². The van der Waals surface area contributed by atoms with Gasteiger partial charge in [-0.15, -0.1) is 0 Å². The predicted molar refractivity (Wildman–Crippen MR) is 76.3 cm³/mol. The zero-order chi connectivity index (χ0) is 15.4. The molecule has 1 unspecified atom stereocenters. The number of methoxy groups -OCH3 is 1. The molecule has 0 aromatic heterocycles. The van der Waals surface area contributed by atoms with Gasteiger partial charge in [0.2, 0.25) is 0 Å². The molecule has 2 aromatic rings. The molecular weight excluding hydrogens is 276 g/mol. The molecule has 2 rings (SSSR count). The summed E-state index contributed by atoms with van der Waals surface area (Å²) in [6, 6.07) is 8.07. The molecule has 0 aliphatic heterocycles. The Bertz CT molecular complexity index is 632. The van der Waals surface area contributed by atoms with Gasteiger partial charge in [0, 0.05) is 29.8 Å². The van der Waals surface area contributed by atoms with Crippen LogP contribution in [0.25, 0.3) is 0 Å². The van der Waals surface area contributed by atoms with Crippen LogP contribution in [0.1, 0.15) is 24.1 Å². The minimum atomic E-state index is -0.603. The average molecular weight is 293 g/mol. The number of halogens is 2. The van der Waals surface area contributed by atoms with Crippen LogP contribution in [0.5, 0.6) is 11.5 Å². The Hall–Kier alpha value is -2.14. The highest BCUT2D eigenvalue weighted by molar-refractivity contribution is 5.39. The standard InChI is InChI=1S/C16H17F2NO2/c1-10(14-5-3-12(17)8-15(14)18)19-9-11-7-13(21-2)4-6-16(11)20/h3-8,10,19-20H,9H2,1-2H3. The maximum atomic E-state index is 13.7. The molecule has 0 bridgehead atoms. The number of ether oxygens (including phenoxy) is 1. The van der Waals surface area contributed by atoms with E-state index in [2.05, 4.69) is 5.32 Å². The van der Waals surface area contributed by atoms with Crippen LogP contribution in [-0.4, -0.2) is 12.2 Å². The van der Waals surface area contributed by atoms with E-state index in [0.717, 1.165) is 6.07 Å². The van der Waals surface area contributed by atoms with E-state index in [-0.39, 0.29) is 11.8 Å². The normalized spacial score (nSPS) is 12.2. The van der Waals surface area contributed by atoms with E-state index >= 15 is 0 Å². The second-order valence-electron chi connectivity index (χ2n) is 4.76. The van der Waals surface area contributed by atoms with Gasteiger partial charge in [0.05, 0.1) is 7.11 Å². The number of benzene rings is 2. The fraction of sp³-hybridized carbons (Fsp3) is 0.250. The van der Waals surface area contributed by atoms with Gasteiger partial charge in [-0.1, -0.05) is 6.07 Å². The largest absolute Gasteiger partial charge is 0.508 e. The Kier molecular flexibility index (Phi) is 4.75. The number of rotatable bonds is 5. The van der Waals surface area contributed by atoms with Crippen molar-refractivity contribution in [2.24, 2.45) is 0 Å².